The molecule has 0 bridgehead atoms. The maximum Gasteiger partial charge on any atom is 0.265 e. The van der Waals surface area contributed by atoms with Crippen LogP contribution >= 0.6 is 24.0 Å². The molecule has 1 amide bonds. The predicted molar refractivity (Wildman–Crippen MR) is 128 cm³/mol. The molecule has 0 aliphatic carbocycles. The fraction of sp³-hybridized carbons (Fsp3) is 0.364. The molecule has 1 N–H and O–H groups in total. The van der Waals surface area contributed by atoms with Gasteiger partial charge in [0, 0.05) is 33.7 Å². The van der Waals surface area contributed by atoms with Crippen LogP contribution in [0.5, 0.6) is 5.75 Å². The van der Waals surface area contributed by atoms with Gasteiger partial charge >= 0.3 is 0 Å². The summed E-state index contributed by atoms with van der Waals surface area (Å²) in [5.41, 5.74) is 3.40. The number of ether oxygens (including phenoxy) is 1. The van der Waals surface area contributed by atoms with Crippen molar-refractivity contribution < 1.29 is 9.53 Å². The van der Waals surface area contributed by atoms with Gasteiger partial charge in [0.2, 0.25) is 0 Å². The molecular formula is C22H29IN4O2. The van der Waals surface area contributed by atoms with E-state index in [1.165, 1.54) is 11.1 Å². The van der Waals surface area contributed by atoms with E-state index in [2.05, 4.69) is 46.4 Å². The van der Waals surface area contributed by atoms with E-state index < -0.39 is 0 Å². The van der Waals surface area contributed by atoms with Crippen LogP contribution in [-0.4, -0.2) is 50.6 Å². The maximum absolute atomic E-state index is 12.2. The lowest BCUT2D eigenvalue weighted by Gasteiger charge is -2.29. The van der Waals surface area contributed by atoms with Gasteiger partial charge < -0.3 is 19.9 Å². The van der Waals surface area contributed by atoms with Gasteiger partial charge in [0.15, 0.2) is 12.6 Å². The summed E-state index contributed by atoms with van der Waals surface area (Å²) in [5.74, 6) is 1.61. The van der Waals surface area contributed by atoms with Gasteiger partial charge in [-0.2, -0.15) is 0 Å². The van der Waals surface area contributed by atoms with Crippen molar-refractivity contribution in [3.8, 4) is 5.75 Å². The van der Waals surface area contributed by atoms with E-state index in [0.717, 1.165) is 36.9 Å². The Kier molecular flexibility index (Phi) is 8.75. The molecule has 2 aromatic rings. The Morgan fingerprint density at radius 2 is 1.93 bits per heavy atom. The highest BCUT2D eigenvalue weighted by atomic mass is 127. The van der Waals surface area contributed by atoms with Gasteiger partial charge in [-0.05, 0) is 36.6 Å². The van der Waals surface area contributed by atoms with E-state index in [1.807, 2.05) is 31.3 Å². The number of fused-ring (bicyclic) bond motifs is 1. The van der Waals surface area contributed by atoms with Gasteiger partial charge in [0.05, 0.1) is 5.69 Å². The number of anilines is 1. The van der Waals surface area contributed by atoms with Crippen molar-refractivity contribution in [1.29, 1.82) is 0 Å². The lowest BCUT2D eigenvalue weighted by Crippen LogP contribution is -2.42. The minimum Gasteiger partial charge on any atom is -0.482 e. The zero-order valence-corrected chi connectivity index (χ0v) is 19.6. The third-order valence-electron chi connectivity index (χ3n) is 4.89. The maximum atomic E-state index is 12.2. The molecule has 0 saturated carbocycles. The molecule has 0 saturated heterocycles. The van der Waals surface area contributed by atoms with E-state index in [1.54, 1.807) is 11.9 Å². The van der Waals surface area contributed by atoms with Crippen molar-refractivity contribution in [2.45, 2.75) is 19.9 Å². The van der Waals surface area contributed by atoms with Gasteiger partial charge in [-0.15, -0.1) is 24.0 Å². The molecule has 0 aromatic heterocycles. The molecule has 1 aliphatic heterocycles. The molecule has 7 heteroatoms. The van der Waals surface area contributed by atoms with E-state index >= 15 is 0 Å². The van der Waals surface area contributed by atoms with Crippen LogP contribution in [0, 0.1) is 6.92 Å². The first-order chi connectivity index (χ1) is 13.6. The van der Waals surface area contributed by atoms with Crippen LogP contribution in [0.4, 0.5) is 5.69 Å². The van der Waals surface area contributed by atoms with Crippen LogP contribution in [0.25, 0.3) is 0 Å². The van der Waals surface area contributed by atoms with E-state index in [-0.39, 0.29) is 36.5 Å². The molecule has 29 heavy (non-hydrogen) atoms. The third-order valence-corrected chi connectivity index (χ3v) is 4.89. The first-order valence-electron chi connectivity index (χ1n) is 9.58. The lowest BCUT2D eigenvalue weighted by molar-refractivity contribution is -0.121. The predicted octanol–water partition coefficient (Wildman–Crippen LogP) is 3.44. The number of guanidine groups is 1. The van der Waals surface area contributed by atoms with E-state index in [0.29, 0.717) is 6.54 Å². The summed E-state index contributed by atoms with van der Waals surface area (Å²) >= 11 is 0. The minimum atomic E-state index is -0.000229. The van der Waals surface area contributed by atoms with E-state index in [4.69, 9.17) is 4.74 Å². The number of carbonyl (C=O) groups excluding carboxylic acids is 1. The Hall–Kier alpha value is -2.29. The summed E-state index contributed by atoms with van der Waals surface area (Å²) < 4.78 is 5.49. The topological polar surface area (TPSA) is 57.2 Å². The second-order valence-corrected chi connectivity index (χ2v) is 6.91. The quantitative estimate of drug-likeness (QED) is 0.281. The Bertz CT molecular complexity index is 856. The fourth-order valence-electron chi connectivity index (χ4n) is 3.34. The third kappa shape index (κ3) is 5.85. The molecule has 0 unspecified atom stereocenters. The summed E-state index contributed by atoms with van der Waals surface area (Å²) in [7, 11) is 3.82. The molecule has 3 rings (SSSR count). The highest BCUT2D eigenvalue weighted by molar-refractivity contribution is 14.0. The van der Waals surface area contributed by atoms with Crippen LogP contribution in [-0.2, 0) is 11.3 Å². The molecule has 1 heterocycles. The smallest absolute Gasteiger partial charge is 0.265 e. The first-order valence-corrected chi connectivity index (χ1v) is 9.58. The van der Waals surface area contributed by atoms with Crippen LogP contribution in [0.1, 0.15) is 17.5 Å². The number of para-hydroxylation sites is 2. The van der Waals surface area contributed by atoms with Crippen molar-refractivity contribution in [3.63, 3.8) is 0 Å². The molecule has 0 atom stereocenters. The molecule has 0 radical (unpaired) electrons. The van der Waals surface area contributed by atoms with Crippen LogP contribution in [0.3, 0.4) is 0 Å². The normalized spacial score (nSPS) is 13.3. The van der Waals surface area contributed by atoms with Gasteiger partial charge in [-0.1, -0.05) is 36.4 Å². The number of hydrogen-bond donors (Lipinski definition) is 1. The average molecular weight is 508 g/mol. The number of halogens is 1. The van der Waals surface area contributed by atoms with E-state index in [9.17, 15) is 4.79 Å². The lowest BCUT2D eigenvalue weighted by atomic mass is 10.1. The Morgan fingerprint density at radius 3 is 2.69 bits per heavy atom. The number of aryl methyl sites for hydroxylation is 1. The van der Waals surface area contributed by atoms with Gasteiger partial charge in [-0.3, -0.25) is 9.79 Å². The molecule has 0 fully saturated rings. The van der Waals surface area contributed by atoms with Crippen molar-refractivity contribution in [1.82, 2.24) is 10.2 Å². The van der Waals surface area contributed by atoms with Crippen molar-refractivity contribution in [3.05, 3.63) is 59.7 Å². The number of aliphatic imine (C=N–C) groups is 1. The Morgan fingerprint density at radius 1 is 1.21 bits per heavy atom. The standard InChI is InChI=1S/C22H28N4O2.HI/c1-17-9-4-5-10-18(17)15-25(3)22(23-2)24-13-8-14-26-19-11-6-7-12-20(19)28-16-21(26)27;/h4-7,9-12H,8,13-16H2,1-3H3,(H,23,24);1H. The summed E-state index contributed by atoms with van der Waals surface area (Å²) in [4.78, 5) is 20.5. The van der Waals surface area contributed by atoms with Crippen LogP contribution in [0.15, 0.2) is 53.5 Å². The molecule has 6 nitrogen and oxygen atoms in total. The molecule has 156 valence electrons. The number of nitrogens with zero attached hydrogens (tertiary/aromatic N) is 3. The summed E-state index contributed by atoms with van der Waals surface area (Å²) in [6.07, 6.45) is 0.817. The number of nitrogens with one attached hydrogen (secondary N) is 1. The van der Waals surface area contributed by atoms with Crippen molar-refractivity contribution >= 4 is 41.5 Å². The second-order valence-electron chi connectivity index (χ2n) is 6.91. The molecular weight excluding hydrogens is 479 g/mol. The Labute approximate surface area is 190 Å². The number of benzene rings is 2. The molecule has 1 aliphatic rings. The summed E-state index contributed by atoms with van der Waals surface area (Å²) in [6.45, 7) is 4.39. The first kappa shape index (κ1) is 23.0. The SMILES string of the molecule is CN=C(NCCCN1C(=O)COc2ccccc21)N(C)Cc1ccccc1C.I. The second kappa shape index (κ2) is 11.0. The van der Waals surface area contributed by atoms with Crippen LogP contribution < -0.4 is 15.0 Å². The van der Waals surface area contributed by atoms with Crippen molar-refractivity contribution in [2.24, 2.45) is 4.99 Å². The zero-order chi connectivity index (χ0) is 19.9. The molecule has 2 aromatic carbocycles. The van der Waals surface area contributed by atoms with Crippen molar-refractivity contribution in [2.75, 3.05) is 38.7 Å². The number of amides is 1. The number of rotatable bonds is 6. The number of hydrogen-bond acceptors (Lipinski definition) is 3. The molecule has 0 spiro atoms. The Balaban J connectivity index is 0.00000300. The zero-order valence-electron chi connectivity index (χ0n) is 17.2. The van der Waals surface area contributed by atoms with Crippen LogP contribution in [0.2, 0.25) is 0 Å². The van der Waals surface area contributed by atoms with Gasteiger partial charge in [0.1, 0.15) is 5.75 Å². The summed E-state index contributed by atoms with van der Waals surface area (Å²) in [6, 6.07) is 16.0. The average Bonchev–Trinajstić information content (AvgIpc) is 2.71. The monoisotopic (exact) mass is 508 g/mol. The van der Waals surface area contributed by atoms with Gasteiger partial charge in [-0.25, -0.2) is 0 Å². The minimum absolute atomic E-state index is 0. The highest BCUT2D eigenvalue weighted by Crippen LogP contribution is 2.31. The number of carbonyl (C=O) groups is 1. The highest BCUT2D eigenvalue weighted by Gasteiger charge is 2.24. The largest absolute Gasteiger partial charge is 0.482 e. The summed E-state index contributed by atoms with van der Waals surface area (Å²) in [5, 5.41) is 3.39. The fourth-order valence-corrected chi connectivity index (χ4v) is 3.34. The van der Waals surface area contributed by atoms with Gasteiger partial charge in [0.25, 0.3) is 5.91 Å².